The first-order valence-electron chi connectivity index (χ1n) is 10.8. The van der Waals surface area contributed by atoms with Crippen molar-refractivity contribution in [3.05, 3.63) is 64.2 Å². The number of nitrogen functional groups attached to an aromatic ring is 1. The van der Waals surface area contributed by atoms with E-state index in [2.05, 4.69) is 53.8 Å². The Morgan fingerprint density at radius 1 is 1.03 bits per heavy atom. The summed E-state index contributed by atoms with van der Waals surface area (Å²) in [6.45, 7) is 10.6. The van der Waals surface area contributed by atoms with Gasteiger partial charge in [0.05, 0.1) is 18.8 Å². The Hall–Kier alpha value is -2.99. The summed E-state index contributed by atoms with van der Waals surface area (Å²) in [5.74, 6) is 1.25. The Kier molecular flexibility index (Phi) is 5.92. The van der Waals surface area contributed by atoms with Gasteiger partial charge >= 0.3 is 0 Å². The molecule has 0 saturated carbocycles. The fourth-order valence-electron chi connectivity index (χ4n) is 4.63. The molecule has 0 radical (unpaired) electrons. The van der Waals surface area contributed by atoms with Crippen LogP contribution in [-0.4, -0.2) is 33.5 Å². The average Bonchev–Trinajstić information content (AvgIpc) is 3.22. The molecule has 4 rings (SSSR count). The van der Waals surface area contributed by atoms with Crippen LogP contribution in [0.4, 0.5) is 5.95 Å². The molecule has 1 atom stereocenters. The van der Waals surface area contributed by atoms with E-state index in [0.717, 1.165) is 47.8 Å². The van der Waals surface area contributed by atoms with E-state index in [0.29, 0.717) is 6.04 Å². The van der Waals surface area contributed by atoms with E-state index in [1.165, 1.54) is 28.7 Å². The number of likely N-dealkylation sites (tertiary alicyclic amines) is 1. The third-order valence-electron chi connectivity index (χ3n) is 6.47. The van der Waals surface area contributed by atoms with Crippen molar-refractivity contribution >= 4 is 5.95 Å². The van der Waals surface area contributed by atoms with Crippen LogP contribution in [0.2, 0.25) is 0 Å². The third kappa shape index (κ3) is 4.26. The van der Waals surface area contributed by atoms with Crippen molar-refractivity contribution in [1.29, 1.82) is 0 Å². The molecular weight excluding hydrogens is 386 g/mol. The lowest BCUT2D eigenvalue weighted by molar-refractivity contribution is 0.243. The van der Waals surface area contributed by atoms with Crippen molar-refractivity contribution in [2.45, 2.75) is 53.1 Å². The van der Waals surface area contributed by atoms with Crippen LogP contribution in [-0.2, 0) is 6.54 Å². The second-order valence-electron chi connectivity index (χ2n) is 8.50. The minimum absolute atomic E-state index is 0.289. The fraction of sp³-hybridized carbons (Fsp3) is 0.400. The van der Waals surface area contributed by atoms with Gasteiger partial charge in [-0.1, -0.05) is 0 Å². The van der Waals surface area contributed by atoms with Gasteiger partial charge in [-0.2, -0.15) is 0 Å². The maximum atomic E-state index is 5.66. The number of rotatable bonds is 5. The van der Waals surface area contributed by atoms with E-state index in [1.807, 2.05) is 6.92 Å². The summed E-state index contributed by atoms with van der Waals surface area (Å²) in [5, 5.41) is 0. The van der Waals surface area contributed by atoms with Crippen LogP contribution in [0.25, 0.3) is 11.1 Å². The number of nitrogens with two attached hydrogens (primary N) is 1. The van der Waals surface area contributed by atoms with Crippen LogP contribution in [0.3, 0.4) is 0 Å². The lowest BCUT2D eigenvalue weighted by Crippen LogP contribution is -2.25. The number of hydrogen-bond acceptors (Lipinski definition) is 6. The van der Waals surface area contributed by atoms with Crippen molar-refractivity contribution in [1.82, 2.24) is 19.9 Å². The molecule has 1 aliphatic rings. The first kappa shape index (κ1) is 21.2. The van der Waals surface area contributed by atoms with E-state index < -0.39 is 0 Å². The maximum absolute atomic E-state index is 5.66. The summed E-state index contributed by atoms with van der Waals surface area (Å²) < 4.78 is 5.56. The largest absolute Gasteiger partial charge is 0.496 e. The summed E-state index contributed by atoms with van der Waals surface area (Å²) in [5.41, 5.74) is 15.0. The highest BCUT2D eigenvalue weighted by Gasteiger charge is 2.29. The molecule has 0 amide bonds. The van der Waals surface area contributed by atoms with Gasteiger partial charge in [0.15, 0.2) is 0 Å². The zero-order valence-electron chi connectivity index (χ0n) is 19.1. The molecule has 3 aromatic rings. The Balaban J connectivity index is 1.65. The number of pyridine rings is 1. The van der Waals surface area contributed by atoms with Gasteiger partial charge < -0.3 is 10.5 Å². The standard InChI is InChI=1S/C25H31N5O/c1-15-9-24(31-5)18(4)17(3)21(15)14-30-8-6-7-23(30)22-11-19(10-16(2)29-22)20-12-27-25(26)28-13-20/h9-13,23H,6-8,14H2,1-5H3,(H2,26,27,28)/t23-/m1/s1. The fourth-order valence-corrected chi connectivity index (χ4v) is 4.63. The first-order valence-corrected chi connectivity index (χ1v) is 10.8. The number of nitrogens with zero attached hydrogens (tertiary/aromatic N) is 4. The molecule has 0 bridgehead atoms. The lowest BCUT2D eigenvalue weighted by Gasteiger charge is -2.27. The molecule has 162 valence electrons. The molecule has 1 fully saturated rings. The van der Waals surface area contributed by atoms with Crippen LogP contribution < -0.4 is 10.5 Å². The van der Waals surface area contributed by atoms with Crippen molar-refractivity contribution < 1.29 is 4.74 Å². The van der Waals surface area contributed by atoms with Gasteiger partial charge in [-0.15, -0.1) is 0 Å². The molecule has 0 aliphatic carbocycles. The van der Waals surface area contributed by atoms with Gasteiger partial charge in [0, 0.05) is 30.2 Å². The highest BCUT2D eigenvalue weighted by atomic mass is 16.5. The monoisotopic (exact) mass is 417 g/mol. The van der Waals surface area contributed by atoms with E-state index in [-0.39, 0.29) is 5.95 Å². The minimum atomic E-state index is 0.289. The number of anilines is 1. The Morgan fingerprint density at radius 3 is 2.48 bits per heavy atom. The number of ether oxygens (including phenoxy) is 1. The number of benzene rings is 1. The molecule has 3 heterocycles. The smallest absolute Gasteiger partial charge is 0.219 e. The van der Waals surface area contributed by atoms with Gasteiger partial charge in [-0.25, -0.2) is 9.97 Å². The topological polar surface area (TPSA) is 77.2 Å². The van der Waals surface area contributed by atoms with Gasteiger partial charge in [-0.3, -0.25) is 9.88 Å². The van der Waals surface area contributed by atoms with Gasteiger partial charge in [-0.05, 0) is 93.1 Å². The van der Waals surface area contributed by atoms with Crippen LogP contribution in [0.15, 0.2) is 30.6 Å². The van der Waals surface area contributed by atoms with E-state index in [4.69, 9.17) is 15.5 Å². The Labute approximate surface area is 184 Å². The molecule has 2 aromatic heterocycles. The van der Waals surface area contributed by atoms with Crippen LogP contribution >= 0.6 is 0 Å². The summed E-state index contributed by atoms with van der Waals surface area (Å²) in [6.07, 6.45) is 5.84. The molecule has 1 aliphatic heterocycles. The number of aryl methyl sites for hydroxylation is 2. The summed E-state index contributed by atoms with van der Waals surface area (Å²) in [6, 6.07) is 6.73. The molecule has 31 heavy (non-hydrogen) atoms. The van der Waals surface area contributed by atoms with Gasteiger partial charge in [0.25, 0.3) is 0 Å². The van der Waals surface area contributed by atoms with Crippen molar-refractivity contribution in [2.75, 3.05) is 19.4 Å². The van der Waals surface area contributed by atoms with Crippen LogP contribution in [0.1, 0.15) is 52.5 Å². The minimum Gasteiger partial charge on any atom is -0.496 e. The summed E-state index contributed by atoms with van der Waals surface area (Å²) in [4.78, 5) is 15.8. The number of hydrogen-bond donors (Lipinski definition) is 1. The Morgan fingerprint density at radius 2 is 1.77 bits per heavy atom. The summed E-state index contributed by atoms with van der Waals surface area (Å²) >= 11 is 0. The summed E-state index contributed by atoms with van der Waals surface area (Å²) in [7, 11) is 1.74. The zero-order chi connectivity index (χ0) is 22.1. The van der Waals surface area contributed by atoms with Gasteiger partial charge in [0.2, 0.25) is 5.95 Å². The highest BCUT2D eigenvalue weighted by Crippen LogP contribution is 2.36. The van der Waals surface area contributed by atoms with E-state index in [1.54, 1.807) is 19.5 Å². The van der Waals surface area contributed by atoms with E-state index >= 15 is 0 Å². The zero-order valence-corrected chi connectivity index (χ0v) is 19.1. The SMILES string of the molecule is COc1cc(C)c(CN2CCC[C@@H]2c2cc(-c3cnc(N)nc3)cc(C)n2)c(C)c1C. The Bertz CT molecular complexity index is 1090. The molecule has 2 N–H and O–H groups in total. The second-order valence-corrected chi connectivity index (χ2v) is 8.50. The normalized spacial score (nSPS) is 16.6. The average molecular weight is 418 g/mol. The molecule has 0 spiro atoms. The number of methoxy groups -OCH3 is 1. The predicted octanol–water partition coefficient (Wildman–Crippen LogP) is 4.70. The van der Waals surface area contributed by atoms with E-state index in [9.17, 15) is 0 Å². The predicted molar refractivity (Wildman–Crippen MR) is 124 cm³/mol. The number of aromatic nitrogens is 3. The van der Waals surface area contributed by atoms with Crippen molar-refractivity contribution in [3.8, 4) is 16.9 Å². The quantitative estimate of drug-likeness (QED) is 0.648. The lowest BCUT2D eigenvalue weighted by atomic mass is 9.96. The highest BCUT2D eigenvalue weighted by molar-refractivity contribution is 5.63. The molecule has 6 nitrogen and oxygen atoms in total. The third-order valence-corrected chi connectivity index (χ3v) is 6.47. The van der Waals surface area contributed by atoms with Crippen molar-refractivity contribution in [3.63, 3.8) is 0 Å². The van der Waals surface area contributed by atoms with Gasteiger partial charge in [0.1, 0.15) is 5.75 Å². The molecule has 1 saturated heterocycles. The van der Waals surface area contributed by atoms with Crippen molar-refractivity contribution in [2.24, 2.45) is 0 Å². The maximum Gasteiger partial charge on any atom is 0.219 e. The molecule has 6 heteroatoms. The van der Waals surface area contributed by atoms with Crippen LogP contribution in [0, 0.1) is 27.7 Å². The molecule has 1 aromatic carbocycles. The molecule has 0 unspecified atom stereocenters. The van der Waals surface area contributed by atoms with Crippen LogP contribution in [0.5, 0.6) is 5.75 Å². The second kappa shape index (κ2) is 8.63. The molecular formula is C25H31N5O. The first-order chi connectivity index (χ1) is 14.9.